The van der Waals surface area contributed by atoms with E-state index in [0.717, 1.165) is 0 Å². The molecule has 1 amide bonds. The lowest BCUT2D eigenvalue weighted by Crippen LogP contribution is -2.40. The van der Waals surface area contributed by atoms with Crippen molar-refractivity contribution in [1.29, 1.82) is 5.26 Å². The first kappa shape index (κ1) is 21.7. The molecule has 1 aromatic rings. The third-order valence-corrected chi connectivity index (χ3v) is 4.75. The van der Waals surface area contributed by atoms with Gasteiger partial charge in [-0.15, -0.1) is 0 Å². The first-order valence-electron chi connectivity index (χ1n) is 8.07. The zero-order valence-corrected chi connectivity index (χ0v) is 16.4. The molecule has 1 aliphatic heterocycles. The van der Waals surface area contributed by atoms with Gasteiger partial charge in [0.25, 0.3) is 5.88 Å². The molecule has 0 atom stereocenters. The number of rotatable bonds is 2. The lowest BCUT2D eigenvalue weighted by Gasteiger charge is -2.32. The van der Waals surface area contributed by atoms with Gasteiger partial charge in [0, 0.05) is 12.2 Å². The molecule has 154 valence electrons. The van der Waals surface area contributed by atoms with E-state index < -0.39 is 38.8 Å². The molecule has 1 aromatic heterocycles. The number of aryl methyl sites for hydroxylation is 1. The Hall–Kier alpha value is -2.55. The van der Waals surface area contributed by atoms with Gasteiger partial charge in [-0.3, -0.25) is 0 Å². The zero-order chi connectivity index (χ0) is 21.5. The van der Waals surface area contributed by atoms with Gasteiger partial charge in [-0.1, -0.05) is 0 Å². The number of carbonyl (C=O) groups is 1. The maximum atomic E-state index is 12.6. The maximum Gasteiger partial charge on any atom is 0.534 e. The Morgan fingerprint density at radius 2 is 1.86 bits per heavy atom. The second-order valence-electron chi connectivity index (χ2n) is 7.08. The minimum Gasteiger partial charge on any atom is -0.444 e. The van der Waals surface area contributed by atoms with E-state index in [1.165, 1.54) is 11.8 Å². The summed E-state index contributed by atoms with van der Waals surface area (Å²) in [7, 11) is -5.97. The number of hydrogen-bond donors (Lipinski definition) is 0. The molecular formula is C16H18F3N3O5S. The lowest BCUT2D eigenvalue weighted by molar-refractivity contribution is -0.0501. The largest absolute Gasteiger partial charge is 0.534 e. The van der Waals surface area contributed by atoms with Gasteiger partial charge in [0.2, 0.25) is 0 Å². The Morgan fingerprint density at radius 1 is 1.25 bits per heavy atom. The highest BCUT2D eigenvalue weighted by molar-refractivity contribution is 7.87. The second kappa shape index (κ2) is 7.12. The van der Waals surface area contributed by atoms with Crippen LogP contribution in [0, 0.1) is 18.3 Å². The number of amides is 1. The van der Waals surface area contributed by atoms with E-state index in [2.05, 4.69) is 9.17 Å². The third kappa shape index (κ3) is 4.46. The van der Waals surface area contributed by atoms with Gasteiger partial charge in [-0.05, 0) is 45.2 Å². The summed E-state index contributed by atoms with van der Waals surface area (Å²) in [5, 5.41) is 9.34. The van der Waals surface area contributed by atoms with E-state index in [0.29, 0.717) is 11.1 Å². The molecule has 0 radical (unpaired) electrons. The molecule has 0 bridgehead atoms. The summed E-state index contributed by atoms with van der Waals surface area (Å²) in [5.74, 6) is -0.929. The van der Waals surface area contributed by atoms with Gasteiger partial charge in [-0.25, -0.2) is 9.78 Å². The number of ether oxygens (including phenoxy) is 1. The Bertz CT molecular complexity index is 946. The van der Waals surface area contributed by atoms with Gasteiger partial charge < -0.3 is 13.8 Å². The Balaban J connectivity index is 2.41. The van der Waals surface area contributed by atoms with Crippen molar-refractivity contribution in [2.75, 3.05) is 6.54 Å². The summed E-state index contributed by atoms with van der Waals surface area (Å²) in [6, 6.07) is 1.65. The minimum absolute atomic E-state index is 0.0179. The molecule has 8 nitrogen and oxygen atoms in total. The van der Waals surface area contributed by atoms with E-state index in [4.69, 9.17) is 4.74 Å². The fourth-order valence-electron chi connectivity index (χ4n) is 2.59. The van der Waals surface area contributed by atoms with E-state index in [-0.39, 0.29) is 25.2 Å². The highest BCUT2D eigenvalue weighted by atomic mass is 32.2. The first-order valence-corrected chi connectivity index (χ1v) is 9.48. The molecule has 0 unspecified atom stereocenters. The molecule has 0 aromatic carbocycles. The lowest BCUT2D eigenvalue weighted by atomic mass is 9.95. The molecule has 0 saturated heterocycles. The van der Waals surface area contributed by atoms with Crippen LogP contribution in [0.1, 0.15) is 43.2 Å². The van der Waals surface area contributed by atoms with E-state index in [1.807, 2.05) is 0 Å². The van der Waals surface area contributed by atoms with Crippen molar-refractivity contribution in [3.8, 4) is 11.9 Å². The van der Waals surface area contributed by atoms with Gasteiger partial charge in [-0.2, -0.15) is 26.9 Å². The number of pyridine rings is 1. The van der Waals surface area contributed by atoms with Crippen LogP contribution in [0.15, 0.2) is 0 Å². The van der Waals surface area contributed by atoms with Crippen molar-refractivity contribution in [3.05, 3.63) is 22.4 Å². The number of halogens is 3. The van der Waals surface area contributed by atoms with Gasteiger partial charge in [0.1, 0.15) is 17.2 Å². The van der Waals surface area contributed by atoms with Crippen LogP contribution in [0.4, 0.5) is 18.0 Å². The third-order valence-electron chi connectivity index (χ3n) is 3.80. The Morgan fingerprint density at radius 3 is 2.36 bits per heavy atom. The van der Waals surface area contributed by atoms with Crippen molar-refractivity contribution < 1.29 is 35.3 Å². The van der Waals surface area contributed by atoms with Crippen LogP contribution in [-0.4, -0.2) is 42.0 Å². The molecule has 1 aliphatic rings. The van der Waals surface area contributed by atoms with Crippen LogP contribution in [-0.2, 0) is 27.8 Å². The molecule has 28 heavy (non-hydrogen) atoms. The summed E-state index contributed by atoms with van der Waals surface area (Å²) in [4.78, 5) is 17.3. The van der Waals surface area contributed by atoms with Crippen molar-refractivity contribution in [2.45, 2.75) is 51.8 Å². The Kier molecular flexibility index (Phi) is 5.53. The second-order valence-corrected chi connectivity index (χ2v) is 8.62. The van der Waals surface area contributed by atoms with E-state index >= 15 is 0 Å². The SMILES string of the molecule is Cc1nc(OS(=O)(=O)C(F)(F)F)c(C#N)c2c1CN(C(=O)OC(C)(C)C)CC2. The summed E-state index contributed by atoms with van der Waals surface area (Å²) in [6.07, 6.45) is -0.487. The standard InChI is InChI=1S/C16H18F3N3O5S/c1-9-12-8-22(14(23)26-15(2,3)4)6-5-10(12)11(7-20)13(21-9)27-28(24,25)16(17,18)19/h5-6,8H2,1-4H3. The number of nitriles is 1. The van der Waals surface area contributed by atoms with Crippen molar-refractivity contribution in [2.24, 2.45) is 0 Å². The van der Waals surface area contributed by atoms with Crippen LogP contribution < -0.4 is 4.18 Å². The molecule has 0 N–H and O–H groups in total. The van der Waals surface area contributed by atoms with Crippen LogP contribution in [0.2, 0.25) is 0 Å². The van der Waals surface area contributed by atoms with E-state index in [1.54, 1.807) is 26.8 Å². The molecule has 12 heteroatoms. The molecule has 2 rings (SSSR count). The van der Waals surface area contributed by atoms with Crippen LogP contribution in [0.5, 0.6) is 5.88 Å². The smallest absolute Gasteiger partial charge is 0.444 e. The molecule has 0 fully saturated rings. The van der Waals surface area contributed by atoms with Crippen molar-refractivity contribution in [3.63, 3.8) is 0 Å². The fourth-order valence-corrected chi connectivity index (χ4v) is 3.01. The minimum atomic E-state index is -5.97. The molecule has 2 heterocycles. The summed E-state index contributed by atoms with van der Waals surface area (Å²) < 4.78 is 69.7. The normalized spacial score (nSPS) is 14.9. The van der Waals surface area contributed by atoms with Gasteiger partial charge in [0.05, 0.1) is 6.54 Å². The quantitative estimate of drug-likeness (QED) is 0.533. The number of hydrogen-bond acceptors (Lipinski definition) is 7. The van der Waals surface area contributed by atoms with Crippen molar-refractivity contribution >= 4 is 16.2 Å². The predicted octanol–water partition coefficient (Wildman–Crippen LogP) is 2.78. The highest BCUT2D eigenvalue weighted by Gasteiger charge is 2.49. The van der Waals surface area contributed by atoms with Crippen molar-refractivity contribution in [1.82, 2.24) is 9.88 Å². The molecule has 0 aliphatic carbocycles. The van der Waals surface area contributed by atoms with Crippen LogP contribution in [0.3, 0.4) is 0 Å². The number of nitrogens with zero attached hydrogens (tertiary/aromatic N) is 3. The first-order chi connectivity index (χ1) is 12.7. The molecule has 0 spiro atoms. The van der Waals surface area contributed by atoms with Crippen LogP contribution >= 0.6 is 0 Å². The molecular weight excluding hydrogens is 403 g/mol. The van der Waals surface area contributed by atoms with E-state index in [9.17, 15) is 31.6 Å². The average Bonchev–Trinajstić information content (AvgIpc) is 2.52. The topological polar surface area (TPSA) is 110 Å². The fraction of sp³-hybridized carbons (Fsp3) is 0.562. The average molecular weight is 421 g/mol. The van der Waals surface area contributed by atoms with Crippen LogP contribution in [0.25, 0.3) is 0 Å². The number of alkyl halides is 3. The zero-order valence-electron chi connectivity index (χ0n) is 15.5. The molecule has 0 saturated carbocycles. The number of aromatic nitrogens is 1. The summed E-state index contributed by atoms with van der Waals surface area (Å²) in [6.45, 7) is 6.68. The number of fused-ring (bicyclic) bond motifs is 1. The monoisotopic (exact) mass is 421 g/mol. The number of carbonyl (C=O) groups excluding carboxylic acids is 1. The van der Waals surface area contributed by atoms with Gasteiger partial charge >= 0.3 is 21.7 Å². The Labute approximate surface area is 160 Å². The predicted molar refractivity (Wildman–Crippen MR) is 89.6 cm³/mol. The highest BCUT2D eigenvalue weighted by Crippen LogP contribution is 2.33. The summed E-state index contributed by atoms with van der Waals surface area (Å²) >= 11 is 0. The maximum absolute atomic E-state index is 12.6. The summed E-state index contributed by atoms with van der Waals surface area (Å²) in [5.41, 5.74) is -5.90. The van der Waals surface area contributed by atoms with Gasteiger partial charge in [0.15, 0.2) is 0 Å².